The third-order valence-electron chi connectivity index (χ3n) is 5.19. The lowest BCUT2D eigenvalue weighted by molar-refractivity contribution is 0.0697. The standard InChI is InChI=1S/C19H24N4O2/c1-19(2,3)17-12(10-23-11-15(7-20-23)18(24)25)4-5-16(21-17)22-8-13-6-14(13)9-22/h4-5,7,11,13-14H,6,8-10H2,1-3H3,(H,24,25). The van der Waals surface area contributed by atoms with Crippen LogP contribution in [0.3, 0.4) is 0 Å². The van der Waals surface area contributed by atoms with E-state index in [0.29, 0.717) is 6.54 Å². The Morgan fingerprint density at radius 1 is 1.28 bits per heavy atom. The van der Waals surface area contributed by atoms with E-state index in [-0.39, 0.29) is 11.0 Å². The largest absolute Gasteiger partial charge is 0.478 e. The molecule has 2 atom stereocenters. The third kappa shape index (κ3) is 3.13. The summed E-state index contributed by atoms with van der Waals surface area (Å²) in [7, 11) is 0. The molecule has 2 aliphatic rings. The van der Waals surface area contributed by atoms with Crippen LogP contribution in [0.15, 0.2) is 24.5 Å². The molecule has 1 saturated carbocycles. The first kappa shape index (κ1) is 16.1. The second kappa shape index (κ2) is 5.58. The summed E-state index contributed by atoms with van der Waals surface area (Å²) in [5, 5.41) is 13.2. The van der Waals surface area contributed by atoms with Crippen molar-refractivity contribution in [2.24, 2.45) is 11.8 Å². The van der Waals surface area contributed by atoms with Crippen molar-refractivity contribution >= 4 is 11.8 Å². The van der Waals surface area contributed by atoms with Gasteiger partial charge in [0, 0.05) is 24.7 Å². The summed E-state index contributed by atoms with van der Waals surface area (Å²) < 4.78 is 1.67. The molecule has 0 amide bonds. The highest BCUT2D eigenvalue weighted by Gasteiger charge is 2.45. The van der Waals surface area contributed by atoms with Crippen LogP contribution in [0.1, 0.15) is 48.8 Å². The molecule has 0 radical (unpaired) electrons. The van der Waals surface area contributed by atoms with Crippen molar-refractivity contribution in [2.45, 2.75) is 39.2 Å². The van der Waals surface area contributed by atoms with Crippen molar-refractivity contribution < 1.29 is 9.90 Å². The van der Waals surface area contributed by atoms with E-state index < -0.39 is 5.97 Å². The van der Waals surface area contributed by atoms with Gasteiger partial charge in [-0.25, -0.2) is 9.78 Å². The maximum absolute atomic E-state index is 11.0. The van der Waals surface area contributed by atoms with Crippen LogP contribution < -0.4 is 4.90 Å². The van der Waals surface area contributed by atoms with E-state index in [1.54, 1.807) is 10.9 Å². The van der Waals surface area contributed by atoms with Crippen molar-refractivity contribution in [3.63, 3.8) is 0 Å². The van der Waals surface area contributed by atoms with E-state index in [9.17, 15) is 4.79 Å². The number of rotatable bonds is 4. The van der Waals surface area contributed by atoms with Crippen LogP contribution in [-0.4, -0.2) is 38.9 Å². The van der Waals surface area contributed by atoms with Gasteiger partial charge in [-0.1, -0.05) is 26.8 Å². The SMILES string of the molecule is CC(C)(C)c1nc(N2CC3CC3C2)ccc1Cn1cc(C(=O)O)cn1. The fraction of sp³-hybridized carbons (Fsp3) is 0.526. The lowest BCUT2D eigenvalue weighted by atomic mass is 9.88. The van der Waals surface area contributed by atoms with Gasteiger partial charge < -0.3 is 10.0 Å². The van der Waals surface area contributed by atoms with Gasteiger partial charge in [-0.2, -0.15) is 5.10 Å². The van der Waals surface area contributed by atoms with E-state index in [2.05, 4.69) is 42.9 Å². The van der Waals surface area contributed by atoms with Gasteiger partial charge in [0.05, 0.1) is 24.0 Å². The van der Waals surface area contributed by atoms with Crippen LogP contribution in [0.4, 0.5) is 5.82 Å². The topological polar surface area (TPSA) is 71.2 Å². The molecular weight excluding hydrogens is 316 g/mol. The molecule has 4 rings (SSSR count). The highest BCUT2D eigenvalue weighted by Crippen LogP contribution is 2.46. The smallest absolute Gasteiger partial charge is 0.338 e. The minimum absolute atomic E-state index is 0.0865. The lowest BCUT2D eigenvalue weighted by Crippen LogP contribution is -2.26. The molecule has 2 unspecified atom stereocenters. The normalized spacial score (nSPS) is 22.1. The molecule has 3 heterocycles. The molecule has 1 aliphatic carbocycles. The molecule has 1 N–H and O–H groups in total. The number of pyridine rings is 1. The van der Waals surface area contributed by atoms with E-state index >= 15 is 0 Å². The fourth-order valence-electron chi connectivity index (χ4n) is 3.75. The summed E-state index contributed by atoms with van der Waals surface area (Å²) in [5.41, 5.74) is 2.26. The molecule has 6 heteroatoms. The molecule has 0 aromatic carbocycles. The predicted molar refractivity (Wildman–Crippen MR) is 95.0 cm³/mol. The van der Waals surface area contributed by atoms with Gasteiger partial charge in [-0.05, 0) is 29.9 Å². The summed E-state index contributed by atoms with van der Waals surface area (Å²) >= 11 is 0. The first-order valence-electron chi connectivity index (χ1n) is 8.82. The zero-order chi connectivity index (χ0) is 17.8. The van der Waals surface area contributed by atoms with Crippen molar-refractivity contribution in [1.29, 1.82) is 0 Å². The van der Waals surface area contributed by atoms with Crippen LogP contribution >= 0.6 is 0 Å². The van der Waals surface area contributed by atoms with Crippen molar-refractivity contribution in [2.75, 3.05) is 18.0 Å². The van der Waals surface area contributed by atoms with Crippen LogP contribution in [-0.2, 0) is 12.0 Å². The Kier molecular flexibility index (Phi) is 3.60. The molecule has 2 fully saturated rings. The molecule has 2 aromatic heterocycles. The second-order valence-corrected chi connectivity index (χ2v) is 8.32. The van der Waals surface area contributed by atoms with E-state index in [0.717, 1.165) is 42.0 Å². The quantitative estimate of drug-likeness (QED) is 0.927. The van der Waals surface area contributed by atoms with Crippen molar-refractivity contribution in [3.8, 4) is 0 Å². The minimum atomic E-state index is -0.955. The van der Waals surface area contributed by atoms with Gasteiger partial charge in [0.15, 0.2) is 0 Å². The van der Waals surface area contributed by atoms with E-state index in [1.807, 2.05) is 0 Å². The Hall–Kier alpha value is -2.37. The number of carboxylic acids is 1. The number of aromatic nitrogens is 3. The first-order chi connectivity index (χ1) is 11.8. The molecule has 0 bridgehead atoms. The summed E-state index contributed by atoms with van der Waals surface area (Å²) in [4.78, 5) is 18.4. The zero-order valence-electron chi connectivity index (χ0n) is 14.9. The van der Waals surface area contributed by atoms with Crippen LogP contribution in [0.25, 0.3) is 0 Å². The van der Waals surface area contributed by atoms with Crippen molar-refractivity contribution in [1.82, 2.24) is 14.8 Å². The molecule has 2 aromatic rings. The van der Waals surface area contributed by atoms with Crippen molar-refractivity contribution in [3.05, 3.63) is 41.3 Å². The predicted octanol–water partition coefficient (Wildman–Crippen LogP) is 2.78. The molecule has 1 aliphatic heterocycles. The van der Waals surface area contributed by atoms with Gasteiger partial charge in [0.25, 0.3) is 0 Å². The Labute approximate surface area is 147 Å². The van der Waals surface area contributed by atoms with E-state index in [4.69, 9.17) is 10.1 Å². The molecule has 0 spiro atoms. The number of fused-ring (bicyclic) bond motifs is 1. The van der Waals surface area contributed by atoms with E-state index in [1.165, 1.54) is 12.6 Å². The zero-order valence-corrected chi connectivity index (χ0v) is 14.9. The Morgan fingerprint density at radius 3 is 2.60 bits per heavy atom. The summed E-state index contributed by atoms with van der Waals surface area (Å²) in [6.07, 6.45) is 4.33. The second-order valence-electron chi connectivity index (χ2n) is 8.32. The number of nitrogens with zero attached hydrogens (tertiary/aromatic N) is 4. The average Bonchev–Trinajstić information content (AvgIpc) is 2.96. The number of carbonyl (C=O) groups is 1. The first-order valence-corrected chi connectivity index (χ1v) is 8.82. The van der Waals surface area contributed by atoms with Crippen LogP contribution in [0.2, 0.25) is 0 Å². The molecular formula is C19H24N4O2. The Balaban J connectivity index is 1.62. The average molecular weight is 340 g/mol. The fourth-order valence-corrected chi connectivity index (χ4v) is 3.75. The van der Waals surface area contributed by atoms with Gasteiger partial charge in [0.1, 0.15) is 5.82 Å². The summed E-state index contributed by atoms with van der Waals surface area (Å²) in [6, 6.07) is 4.21. The Morgan fingerprint density at radius 2 is 2.00 bits per heavy atom. The lowest BCUT2D eigenvalue weighted by Gasteiger charge is -2.26. The number of piperidine rings is 1. The highest BCUT2D eigenvalue weighted by molar-refractivity contribution is 5.86. The number of carboxylic acid groups (broad SMARTS) is 1. The number of hydrogen-bond acceptors (Lipinski definition) is 4. The summed E-state index contributed by atoms with van der Waals surface area (Å²) in [5.74, 6) is 1.85. The Bertz CT molecular complexity index is 811. The van der Waals surface area contributed by atoms with Crippen LogP contribution in [0.5, 0.6) is 0 Å². The maximum atomic E-state index is 11.0. The summed E-state index contributed by atoms with van der Waals surface area (Å²) in [6.45, 7) is 9.27. The molecule has 1 saturated heterocycles. The monoisotopic (exact) mass is 340 g/mol. The molecule has 132 valence electrons. The number of anilines is 1. The van der Waals surface area contributed by atoms with Gasteiger partial charge in [-0.15, -0.1) is 0 Å². The van der Waals surface area contributed by atoms with Crippen LogP contribution in [0, 0.1) is 11.8 Å². The minimum Gasteiger partial charge on any atom is -0.478 e. The maximum Gasteiger partial charge on any atom is 0.338 e. The number of aromatic carboxylic acids is 1. The third-order valence-corrected chi connectivity index (χ3v) is 5.19. The van der Waals surface area contributed by atoms with Gasteiger partial charge >= 0.3 is 5.97 Å². The highest BCUT2D eigenvalue weighted by atomic mass is 16.4. The molecule has 25 heavy (non-hydrogen) atoms. The molecule has 6 nitrogen and oxygen atoms in total. The van der Waals surface area contributed by atoms with Gasteiger partial charge in [0.2, 0.25) is 0 Å². The number of hydrogen-bond donors (Lipinski definition) is 1. The van der Waals surface area contributed by atoms with Gasteiger partial charge in [-0.3, -0.25) is 4.68 Å².